The fraction of sp³-hybridized carbons (Fsp3) is 0.611. The number of hydrogen-bond donors (Lipinski definition) is 2. The molecular formula is C18H27ClN2O2. The molecule has 1 heterocycles. The van der Waals surface area contributed by atoms with Crippen molar-refractivity contribution in [3.05, 3.63) is 34.9 Å². The minimum absolute atomic E-state index is 0.0543. The lowest BCUT2D eigenvalue weighted by Gasteiger charge is -2.36. The molecule has 1 aliphatic rings. The van der Waals surface area contributed by atoms with Crippen molar-refractivity contribution < 1.29 is 9.53 Å². The zero-order valence-corrected chi connectivity index (χ0v) is 14.8. The van der Waals surface area contributed by atoms with E-state index in [0.29, 0.717) is 39.1 Å². The van der Waals surface area contributed by atoms with Gasteiger partial charge in [-0.1, -0.05) is 37.6 Å². The summed E-state index contributed by atoms with van der Waals surface area (Å²) in [6, 6.07) is 7.87. The Hall–Kier alpha value is -1.10. The van der Waals surface area contributed by atoms with E-state index >= 15 is 0 Å². The Bertz CT molecular complexity index is 540. The molecule has 1 aromatic carbocycles. The van der Waals surface area contributed by atoms with Gasteiger partial charge in [0.1, 0.15) is 0 Å². The Morgan fingerprint density at radius 2 is 2.09 bits per heavy atom. The second-order valence-electron chi connectivity index (χ2n) is 7.25. The first-order valence-corrected chi connectivity index (χ1v) is 8.55. The third kappa shape index (κ3) is 4.93. The average Bonchev–Trinajstić information content (AvgIpc) is 2.53. The van der Waals surface area contributed by atoms with Crippen LogP contribution in [0.15, 0.2) is 24.3 Å². The molecule has 5 heteroatoms. The summed E-state index contributed by atoms with van der Waals surface area (Å²) in [5.74, 6) is 0.0578. The average molecular weight is 339 g/mol. The van der Waals surface area contributed by atoms with Crippen LogP contribution in [-0.2, 0) is 16.0 Å². The second-order valence-corrected chi connectivity index (χ2v) is 7.69. The van der Waals surface area contributed by atoms with E-state index in [9.17, 15) is 4.79 Å². The predicted molar refractivity (Wildman–Crippen MR) is 93.5 cm³/mol. The van der Waals surface area contributed by atoms with Crippen LogP contribution in [0.5, 0.6) is 0 Å². The highest BCUT2D eigenvalue weighted by Crippen LogP contribution is 2.30. The van der Waals surface area contributed by atoms with Crippen molar-refractivity contribution >= 4 is 17.5 Å². The number of benzene rings is 1. The highest BCUT2D eigenvalue weighted by molar-refractivity contribution is 6.30. The molecule has 0 aliphatic carbocycles. The van der Waals surface area contributed by atoms with Gasteiger partial charge in [-0.05, 0) is 42.4 Å². The van der Waals surface area contributed by atoms with Crippen LogP contribution in [0, 0.1) is 10.8 Å². The number of carbonyl (C=O) groups is 1. The summed E-state index contributed by atoms with van der Waals surface area (Å²) in [6.45, 7) is 6.49. The van der Waals surface area contributed by atoms with E-state index in [1.807, 2.05) is 18.2 Å². The van der Waals surface area contributed by atoms with Crippen LogP contribution < -0.4 is 11.1 Å². The smallest absolute Gasteiger partial charge is 0.227 e. The second kappa shape index (κ2) is 7.65. The van der Waals surface area contributed by atoms with Gasteiger partial charge >= 0.3 is 0 Å². The van der Waals surface area contributed by atoms with Crippen molar-refractivity contribution in [2.45, 2.75) is 33.1 Å². The summed E-state index contributed by atoms with van der Waals surface area (Å²) in [6.07, 6.45) is 2.25. The van der Waals surface area contributed by atoms with E-state index in [2.05, 4.69) is 25.2 Å². The SMILES string of the molecule is CC(C)(CNC(=O)C1(CN)CCOCC1)Cc1cccc(Cl)c1. The number of halogens is 1. The minimum Gasteiger partial charge on any atom is -0.381 e. The van der Waals surface area contributed by atoms with Crippen molar-refractivity contribution in [2.75, 3.05) is 26.3 Å². The lowest BCUT2D eigenvalue weighted by Crippen LogP contribution is -2.51. The molecule has 1 amide bonds. The molecule has 23 heavy (non-hydrogen) atoms. The van der Waals surface area contributed by atoms with Gasteiger partial charge in [-0.15, -0.1) is 0 Å². The Labute approximate surface area is 143 Å². The van der Waals surface area contributed by atoms with Crippen LogP contribution in [0.3, 0.4) is 0 Å². The van der Waals surface area contributed by atoms with E-state index in [1.54, 1.807) is 0 Å². The molecule has 1 saturated heterocycles. The molecule has 0 saturated carbocycles. The van der Waals surface area contributed by atoms with Gasteiger partial charge in [-0.3, -0.25) is 4.79 Å². The molecule has 128 valence electrons. The molecule has 3 N–H and O–H groups in total. The maximum Gasteiger partial charge on any atom is 0.227 e. The van der Waals surface area contributed by atoms with Gasteiger partial charge in [0, 0.05) is 31.3 Å². The molecule has 0 unspecified atom stereocenters. The molecule has 0 bridgehead atoms. The van der Waals surface area contributed by atoms with E-state index < -0.39 is 5.41 Å². The Morgan fingerprint density at radius 3 is 2.70 bits per heavy atom. The first kappa shape index (κ1) is 18.2. The summed E-state index contributed by atoms with van der Waals surface area (Å²) in [5, 5.41) is 3.85. The normalized spacial score (nSPS) is 17.7. The van der Waals surface area contributed by atoms with Crippen LogP contribution in [0.25, 0.3) is 0 Å². The topological polar surface area (TPSA) is 64.4 Å². The first-order chi connectivity index (χ1) is 10.9. The van der Waals surface area contributed by atoms with Gasteiger partial charge in [0.05, 0.1) is 5.41 Å². The van der Waals surface area contributed by atoms with E-state index in [-0.39, 0.29) is 11.3 Å². The van der Waals surface area contributed by atoms with E-state index in [4.69, 9.17) is 22.1 Å². The van der Waals surface area contributed by atoms with Crippen molar-refractivity contribution in [3.8, 4) is 0 Å². The lowest BCUT2D eigenvalue weighted by molar-refractivity contribution is -0.136. The Balaban J connectivity index is 1.93. The fourth-order valence-corrected chi connectivity index (χ4v) is 3.27. The van der Waals surface area contributed by atoms with E-state index in [1.165, 1.54) is 5.56 Å². The maximum absolute atomic E-state index is 12.6. The molecule has 2 rings (SSSR count). The number of nitrogens with two attached hydrogens (primary N) is 1. The molecule has 0 aromatic heterocycles. The summed E-state index contributed by atoms with van der Waals surface area (Å²) in [5.41, 5.74) is 6.54. The number of nitrogens with one attached hydrogen (secondary N) is 1. The van der Waals surface area contributed by atoms with Crippen LogP contribution in [-0.4, -0.2) is 32.2 Å². The largest absolute Gasteiger partial charge is 0.381 e. The van der Waals surface area contributed by atoms with Crippen molar-refractivity contribution in [1.29, 1.82) is 0 Å². The lowest BCUT2D eigenvalue weighted by atomic mass is 9.78. The molecule has 0 radical (unpaired) electrons. The summed E-state index contributed by atoms with van der Waals surface area (Å²) in [7, 11) is 0. The van der Waals surface area contributed by atoms with Gasteiger partial charge < -0.3 is 15.8 Å². The third-order valence-electron chi connectivity index (χ3n) is 4.62. The van der Waals surface area contributed by atoms with Gasteiger partial charge in [-0.25, -0.2) is 0 Å². The summed E-state index contributed by atoms with van der Waals surface area (Å²) in [4.78, 5) is 12.6. The predicted octanol–water partition coefficient (Wildman–Crippen LogP) is 2.78. The van der Waals surface area contributed by atoms with Crippen molar-refractivity contribution in [3.63, 3.8) is 0 Å². The van der Waals surface area contributed by atoms with Gasteiger partial charge in [0.15, 0.2) is 0 Å². The monoisotopic (exact) mass is 338 g/mol. The van der Waals surface area contributed by atoms with Crippen molar-refractivity contribution in [2.24, 2.45) is 16.6 Å². The summed E-state index contributed by atoms with van der Waals surface area (Å²) < 4.78 is 5.36. The van der Waals surface area contributed by atoms with Crippen LogP contribution >= 0.6 is 11.6 Å². The molecule has 4 nitrogen and oxygen atoms in total. The molecule has 1 fully saturated rings. The fourth-order valence-electron chi connectivity index (χ4n) is 3.06. The zero-order chi connectivity index (χ0) is 16.9. The van der Waals surface area contributed by atoms with Crippen LogP contribution in [0.1, 0.15) is 32.3 Å². The number of rotatable bonds is 6. The van der Waals surface area contributed by atoms with Crippen LogP contribution in [0.4, 0.5) is 0 Å². The standard InChI is InChI=1S/C18H27ClN2O2/c1-17(2,11-14-4-3-5-15(19)10-14)13-21-16(22)18(12-20)6-8-23-9-7-18/h3-5,10H,6-9,11-13,20H2,1-2H3,(H,21,22). The Kier molecular flexibility index (Phi) is 6.06. The molecule has 0 atom stereocenters. The molecule has 1 aromatic rings. The number of ether oxygens (including phenoxy) is 1. The minimum atomic E-state index is -0.468. The number of amides is 1. The van der Waals surface area contributed by atoms with Gasteiger partial charge in [0.25, 0.3) is 0 Å². The van der Waals surface area contributed by atoms with Crippen LogP contribution in [0.2, 0.25) is 5.02 Å². The highest BCUT2D eigenvalue weighted by Gasteiger charge is 2.39. The molecule has 1 aliphatic heterocycles. The molecular weight excluding hydrogens is 312 g/mol. The van der Waals surface area contributed by atoms with E-state index in [0.717, 1.165) is 11.4 Å². The number of carbonyl (C=O) groups excluding carboxylic acids is 1. The number of hydrogen-bond acceptors (Lipinski definition) is 3. The Morgan fingerprint density at radius 1 is 1.39 bits per heavy atom. The maximum atomic E-state index is 12.6. The van der Waals surface area contributed by atoms with Gasteiger partial charge in [-0.2, -0.15) is 0 Å². The first-order valence-electron chi connectivity index (χ1n) is 8.17. The quantitative estimate of drug-likeness (QED) is 0.838. The third-order valence-corrected chi connectivity index (χ3v) is 4.86. The van der Waals surface area contributed by atoms with Gasteiger partial charge in [0.2, 0.25) is 5.91 Å². The highest BCUT2D eigenvalue weighted by atomic mass is 35.5. The summed E-state index contributed by atoms with van der Waals surface area (Å²) >= 11 is 6.04. The zero-order valence-electron chi connectivity index (χ0n) is 14.0. The molecule has 0 spiro atoms. The van der Waals surface area contributed by atoms with Crippen molar-refractivity contribution in [1.82, 2.24) is 5.32 Å².